The van der Waals surface area contributed by atoms with E-state index in [1.807, 2.05) is 13.8 Å². The molecule has 3 saturated heterocycles. The Morgan fingerprint density at radius 3 is 2.21 bits per heavy atom. The Balaban J connectivity index is 0.00000306. The summed E-state index contributed by atoms with van der Waals surface area (Å²) >= 11 is 0. The van der Waals surface area contributed by atoms with Crippen LogP contribution in [0, 0.1) is 11.8 Å². The summed E-state index contributed by atoms with van der Waals surface area (Å²) in [5.41, 5.74) is 1.02. The van der Waals surface area contributed by atoms with E-state index in [1.54, 1.807) is 24.3 Å². The van der Waals surface area contributed by atoms with Crippen LogP contribution in [0.4, 0.5) is 0 Å². The summed E-state index contributed by atoms with van der Waals surface area (Å²) in [6.45, 7) is 6.82. The second kappa shape index (κ2) is 9.45. The van der Waals surface area contributed by atoms with Gasteiger partial charge in [-0.05, 0) is 56.1 Å². The molecule has 33 heavy (non-hydrogen) atoms. The van der Waals surface area contributed by atoms with Crippen molar-refractivity contribution in [2.75, 3.05) is 25.9 Å². The average Bonchev–Trinajstić information content (AvgIpc) is 3.24. The van der Waals surface area contributed by atoms with Crippen molar-refractivity contribution in [3.63, 3.8) is 0 Å². The molecule has 186 valence electrons. The molecule has 1 aromatic carbocycles. The van der Waals surface area contributed by atoms with E-state index < -0.39 is 42.6 Å². The fraction of sp³-hybridized carbons (Fsp3) is 0.682. The van der Waals surface area contributed by atoms with Crippen LogP contribution in [0.1, 0.15) is 45.1 Å². The van der Waals surface area contributed by atoms with E-state index in [0.717, 1.165) is 31.5 Å². The van der Waals surface area contributed by atoms with Gasteiger partial charge in [0.15, 0.2) is 4.87 Å². The second-order valence-corrected chi connectivity index (χ2v) is 13.7. The molecule has 4 rings (SSSR count). The number of sulfonamides is 1. The molecular formula is C22H34ClN3O5S2. The molecule has 3 aliphatic rings. The van der Waals surface area contributed by atoms with Gasteiger partial charge < -0.3 is 5.32 Å². The molecule has 1 amide bonds. The molecule has 1 N–H and O–H groups in total. The number of nitrogens with zero attached hydrogens (tertiary/aromatic N) is 2. The maximum atomic E-state index is 14.0. The summed E-state index contributed by atoms with van der Waals surface area (Å²) < 4.78 is 54.1. The lowest BCUT2D eigenvalue weighted by molar-refractivity contribution is -0.129. The highest BCUT2D eigenvalue weighted by Gasteiger charge is 2.70. The van der Waals surface area contributed by atoms with E-state index in [2.05, 4.69) is 10.2 Å². The van der Waals surface area contributed by atoms with Gasteiger partial charge in [0.05, 0.1) is 23.1 Å². The number of carbonyl (C=O) groups excluding carboxylic acids is 1. The van der Waals surface area contributed by atoms with Gasteiger partial charge in [0.2, 0.25) is 25.8 Å². The van der Waals surface area contributed by atoms with E-state index in [1.165, 1.54) is 19.3 Å². The molecule has 0 saturated carbocycles. The van der Waals surface area contributed by atoms with Crippen molar-refractivity contribution in [3.05, 3.63) is 29.8 Å². The Bertz CT molecular complexity index is 1090. The number of sulfone groups is 1. The van der Waals surface area contributed by atoms with E-state index in [9.17, 15) is 21.6 Å². The maximum absolute atomic E-state index is 14.0. The minimum absolute atomic E-state index is 0. The normalized spacial score (nSPS) is 28.7. The van der Waals surface area contributed by atoms with Crippen LogP contribution in [-0.4, -0.2) is 68.8 Å². The monoisotopic (exact) mass is 519 g/mol. The number of hydrogen-bond donors (Lipinski definition) is 1. The Hall–Kier alpha value is -1.20. The Kier molecular flexibility index (Phi) is 7.56. The van der Waals surface area contributed by atoms with Gasteiger partial charge in [-0.15, -0.1) is 12.4 Å². The lowest BCUT2D eigenvalue weighted by Gasteiger charge is -2.35. The highest BCUT2D eigenvalue weighted by atomic mass is 35.5. The summed E-state index contributed by atoms with van der Waals surface area (Å²) in [6.07, 6.45) is 4.56. The van der Waals surface area contributed by atoms with Gasteiger partial charge >= 0.3 is 0 Å². The fourth-order valence-corrected chi connectivity index (χ4v) is 9.76. The molecule has 3 atom stereocenters. The van der Waals surface area contributed by atoms with Gasteiger partial charge in [-0.3, -0.25) is 9.69 Å². The van der Waals surface area contributed by atoms with Crippen LogP contribution in [0.3, 0.4) is 0 Å². The van der Waals surface area contributed by atoms with Crippen molar-refractivity contribution in [1.82, 2.24) is 14.5 Å². The molecule has 0 aromatic heterocycles. The van der Waals surface area contributed by atoms with Crippen molar-refractivity contribution in [3.8, 4) is 0 Å². The number of halogens is 1. The Morgan fingerprint density at radius 2 is 1.67 bits per heavy atom. The number of benzene rings is 1. The molecular weight excluding hydrogens is 486 g/mol. The number of amides is 1. The number of piperidine rings is 1. The molecule has 1 aromatic rings. The first kappa shape index (κ1) is 26.4. The topological polar surface area (TPSA) is 104 Å². The van der Waals surface area contributed by atoms with Crippen LogP contribution in [0.15, 0.2) is 29.2 Å². The number of carbonyl (C=O) groups is 1. The SMILES string of the molecule is CC(C)[C@H]1C(=O)N(S(C)(=O)=O)[C@]2(S(=O)(=O)c3ccc(CN4CCCCC4)cc3)CCN[C@H]12.Cl. The standard InChI is InChI=1S/C22H33N3O5S2.ClH/c1-16(2)19-20-22(11-12-23-20,25(21(19)26)31(3,27)28)32(29,30)18-9-7-17(8-10-18)15-24-13-5-4-6-14-24;/h7-10,16,19-20,23H,4-6,11-15H2,1-3H3;1H/t19-,20-,22+;/m1./s1. The smallest absolute Gasteiger partial charge is 0.242 e. The summed E-state index contributed by atoms with van der Waals surface area (Å²) in [6, 6.07) is 5.95. The molecule has 11 heteroatoms. The predicted molar refractivity (Wildman–Crippen MR) is 129 cm³/mol. The zero-order valence-electron chi connectivity index (χ0n) is 19.4. The first-order valence-electron chi connectivity index (χ1n) is 11.3. The van der Waals surface area contributed by atoms with Crippen molar-refractivity contribution >= 4 is 38.2 Å². The lowest BCUT2D eigenvalue weighted by Crippen LogP contribution is -2.58. The second-order valence-electron chi connectivity index (χ2n) is 9.65. The Morgan fingerprint density at radius 1 is 1.06 bits per heavy atom. The van der Waals surface area contributed by atoms with Crippen LogP contribution in [0.5, 0.6) is 0 Å². The van der Waals surface area contributed by atoms with Crippen LogP contribution >= 0.6 is 12.4 Å². The number of hydrogen-bond acceptors (Lipinski definition) is 7. The van der Waals surface area contributed by atoms with Gasteiger partial charge in [0.1, 0.15) is 0 Å². The van der Waals surface area contributed by atoms with Crippen molar-refractivity contribution in [2.45, 2.75) is 61.9 Å². The first-order valence-corrected chi connectivity index (χ1v) is 14.7. The fourth-order valence-electron chi connectivity index (χ4n) is 5.70. The van der Waals surface area contributed by atoms with Gasteiger partial charge in [0, 0.05) is 13.0 Å². The van der Waals surface area contributed by atoms with E-state index in [-0.39, 0.29) is 29.6 Å². The molecule has 0 unspecified atom stereocenters. The summed E-state index contributed by atoms with van der Waals surface area (Å²) in [5.74, 6) is -1.56. The zero-order chi connectivity index (χ0) is 23.3. The highest BCUT2D eigenvalue weighted by molar-refractivity contribution is 7.95. The van der Waals surface area contributed by atoms with Gasteiger partial charge in [0.25, 0.3) is 0 Å². The molecule has 0 radical (unpaired) electrons. The van der Waals surface area contributed by atoms with E-state index in [0.29, 0.717) is 10.8 Å². The number of nitrogens with one attached hydrogen (secondary N) is 1. The third-order valence-electron chi connectivity index (χ3n) is 7.13. The third-order valence-corrected chi connectivity index (χ3v) is 10.9. The van der Waals surface area contributed by atoms with Gasteiger partial charge in [-0.2, -0.15) is 0 Å². The number of likely N-dealkylation sites (tertiary alicyclic amines) is 1. The van der Waals surface area contributed by atoms with Crippen molar-refractivity contribution < 1.29 is 21.6 Å². The Labute approximate surface area is 203 Å². The highest BCUT2D eigenvalue weighted by Crippen LogP contribution is 2.50. The first-order chi connectivity index (χ1) is 15.0. The number of rotatable bonds is 6. The van der Waals surface area contributed by atoms with Crippen LogP contribution < -0.4 is 5.32 Å². The lowest BCUT2D eigenvalue weighted by atomic mass is 9.89. The van der Waals surface area contributed by atoms with Gasteiger partial charge in [-0.25, -0.2) is 21.1 Å². The van der Waals surface area contributed by atoms with Crippen LogP contribution in [0.2, 0.25) is 0 Å². The minimum atomic E-state index is -4.17. The van der Waals surface area contributed by atoms with E-state index >= 15 is 0 Å². The molecule has 8 nitrogen and oxygen atoms in total. The quantitative estimate of drug-likeness (QED) is 0.613. The van der Waals surface area contributed by atoms with Crippen LogP contribution in [-0.2, 0) is 31.2 Å². The van der Waals surface area contributed by atoms with E-state index in [4.69, 9.17) is 0 Å². The largest absolute Gasteiger partial charge is 0.310 e. The zero-order valence-corrected chi connectivity index (χ0v) is 21.8. The molecule has 0 spiro atoms. The molecule has 3 aliphatic heterocycles. The maximum Gasteiger partial charge on any atom is 0.242 e. The van der Waals surface area contributed by atoms with Gasteiger partial charge in [-0.1, -0.05) is 32.4 Å². The molecule has 0 aliphatic carbocycles. The summed E-state index contributed by atoms with van der Waals surface area (Å²) in [4.78, 5) is 13.8. The van der Waals surface area contributed by atoms with Crippen molar-refractivity contribution in [1.29, 1.82) is 0 Å². The predicted octanol–water partition coefficient (Wildman–Crippen LogP) is 2.00. The number of fused-ring (bicyclic) bond motifs is 1. The molecule has 0 bridgehead atoms. The van der Waals surface area contributed by atoms with Crippen LogP contribution in [0.25, 0.3) is 0 Å². The summed E-state index contributed by atoms with van der Waals surface area (Å²) in [7, 11) is -8.26. The summed E-state index contributed by atoms with van der Waals surface area (Å²) in [5, 5.41) is 3.15. The van der Waals surface area contributed by atoms with Crippen molar-refractivity contribution in [2.24, 2.45) is 11.8 Å². The molecule has 3 heterocycles. The third kappa shape index (κ3) is 4.33. The average molecular weight is 520 g/mol. The molecule has 3 fully saturated rings. The minimum Gasteiger partial charge on any atom is -0.310 e.